The first-order chi connectivity index (χ1) is 17.4. The first kappa shape index (κ1) is 26.2. The van der Waals surface area contributed by atoms with Crippen LogP contribution in [-0.4, -0.2) is 25.0 Å². The van der Waals surface area contributed by atoms with Gasteiger partial charge in [-0.05, 0) is 65.6 Å². The van der Waals surface area contributed by atoms with Crippen LogP contribution < -0.4 is 4.72 Å². The summed E-state index contributed by atoms with van der Waals surface area (Å²) in [4.78, 5) is 0.707. The predicted octanol–water partition coefficient (Wildman–Crippen LogP) is 7.16. The van der Waals surface area contributed by atoms with E-state index in [0.29, 0.717) is 39.4 Å². The van der Waals surface area contributed by atoms with Gasteiger partial charge in [0.1, 0.15) is 0 Å². The molecule has 4 aromatic rings. The molecule has 10 heteroatoms. The van der Waals surface area contributed by atoms with Crippen molar-refractivity contribution in [2.24, 2.45) is 0 Å². The van der Waals surface area contributed by atoms with Crippen molar-refractivity contribution in [2.45, 2.75) is 42.8 Å². The molecule has 5 rings (SSSR count). The summed E-state index contributed by atoms with van der Waals surface area (Å²) in [5, 5.41) is 11.0. The number of alkyl halides is 3. The molecule has 0 radical (unpaired) electrons. The van der Waals surface area contributed by atoms with E-state index in [1.54, 1.807) is 42.5 Å². The van der Waals surface area contributed by atoms with Crippen LogP contribution in [-0.2, 0) is 15.6 Å². The van der Waals surface area contributed by atoms with Crippen molar-refractivity contribution in [2.75, 3.05) is 0 Å². The van der Waals surface area contributed by atoms with E-state index in [1.165, 1.54) is 29.5 Å². The van der Waals surface area contributed by atoms with Crippen molar-refractivity contribution in [1.82, 2.24) is 4.72 Å². The first-order valence-electron chi connectivity index (χ1n) is 11.6. The number of sulfonamides is 1. The van der Waals surface area contributed by atoms with Crippen LogP contribution in [0.25, 0.3) is 21.2 Å². The van der Waals surface area contributed by atoms with Crippen molar-refractivity contribution in [3.8, 4) is 11.1 Å². The summed E-state index contributed by atoms with van der Waals surface area (Å²) in [5.74, 6) is 0. The Balaban J connectivity index is 1.62. The molecule has 2 atom stereocenters. The zero-order chi connectivity index (χ0) is 26.6. The molecule has 1 aromatic heterocycles. The summed E-state index contributed by atoms with van der Waals surface area (Å²) >= 11 is 7.82. The molecule has 1 saturated carbocycles. The number of hydrogen-bond acceptors (Lipinski definition) is 4. The summed E-state index contributed by atoms with van der Waals surface area (Å²) in [6.45, 7) is 0.732. The highest BCUT2D eigenvalue weighted by molar-refractivity contribution is 7.90. The molecular formula is C27H23ClF3NO3S2. The maximum atomic E-state index is 13.5. The van der Waals surface area contributed by atoms with E-state index in [-0.39, 0.29) is 5.56 Å². The minimum Gasteiger partial charge on any atom is -0.376 e. The minimum absolute atomic E-state index is 0.266. The summed E-state index contributed by atoms with van der Waals surface area (Å²) < 4.78 is 69.9. The largest absolute Gasteiger partial charge is 0.421 e. The number of thiophene rings is 1. The third-order valence-electron chi connectivity index (χ3n) is 6.60. The van der Waals surface area contributed by atoms with Gasteiger partial charge in [-0.2, -0.15) is 13.2 Å². The fourth-order valence-corrected chi connectivity index (χ4v) is 7.35. The number of hydrogen-bond donors (Lipinski definition) is 2. The first-order valence-corrected chi connectivity index (χ1v) is 14.3. The van der Waals surface area contributed by atoms with Crippen LogP contribution in [0.5, 0.6) is 0 Å². The zero-order valence-electron chi connectivity index (χ0n) is 19.6. The van der Waals surface area contributed by atoms with Gasteiger partial charge >= 0.3 is 6.18 Å². The Morgan fingerprint density at radius 1 is 1.03 bits per heavy atom. The fourth-order valence-electron chi connectivity index (χ4n) is 4.23. The van der Waals surface area contributed by atoms with Crippen LogP contribution in [0, 0.1) is 0 Å². The smallest absolute Gasteiger partial charge is 0.376 e. The Hall–Kier alpha value is -2.43. The van der Waals surface area contributed by atoms with Gasteiger partial charge in [-0.1, -0.05) is 66.2 Å². The van der Waals surface area contributed by atoms with Crippen LogP contribution in [0.1, 0.15) is 41.8 Å². The van der Waals surface area contributed by atoms with Crippen molar-refractivity contribution < 1.29 is 26.7 Å². The van der Waals surface area contributed by atoms with E-state index in [2.05, 4.69) is 4.72 Å². The lowest BCUT2D eigenvalue weighted by Gasteiger charge is -2.27. The van der Waals surface area contributed by atoms with E-state index in [9.17, 15) is 26.7 Å². The monoisotopic (exact) mass is 565 g/mol. The third kappa shape index (κ3) is 5.03. The molecule has 1 aliphatic carbocycles. The molecule has 37 heavy (non-hydrogen) atoms. The van der Waals surface area contributed by atoms with Crippen LogP contribution in [0.2, 0.25) is 5.02 Å². The van der Waals surface area contributed by atoms with E-state index in [4.69, 9.17) is 11.6 Å². The van der Waals surface area contributed by atoms with Gasteiger partial charge in [0.2, 0.25) is 10.0 Å². The molecule has 0 saturated heterocycles. The maximum absolute atomic E-state index is 13.5. The Morgan fingerprint density at radius 3 is 2.41 bits per heavy atom. The normalized spacial score (nSPS) is 17.0. The Kier molecular flexibility index (Phi) is 6.65. The van der Waals surface area contributed by atoms with Gasteiger partial charge in [-0.3, -0.25) is 0 Å². The minimum atomic E-state index is -4.84. The van der Waals surface area contributed by atoms with E-state index < -0.39 is 33.1 Å². The molecule has 0 unspecified atom stereocenters. The standard InChI is InChI=1S/C27H23ClF3NO3S2/c1-26(33,27(29,30)31)18-8-4-6-16(14-18)20-10-5-7-17-15-23(36-25(17)20)24(21-9-2-3-11-22(21)28)32-37(34,35)19-12-13-19/h2-11,14-15,19,24,32-33H,12-13H2,1H3/t24-,26-/m1/s1. The van der Waals surface area contributed by atoms with Crippen molar-refractivity contribution >= 4 is 43.0 Å². The molecule has 0 aliphatic heterocycles. The van der Waals surface area contributed by atoms with Gasteiger partial charge in [0.05, 0.1) is 11.3 Å². The van der Waals surface area contributed by atoms with Gasteiger partial charge in [-0.15, -0.1) is 11.3 Å². The Bertz CT molecular complexity index is 1580. The lowest BCUT2D eigenvalue weighted by Crippen LogP contribution is -2.39. The number of fused-ring (bicyclic) bond motifs is 1. The number of aliphatic hydroxyl groups is 1. The molecule has 3 aromatic carbocycles. The second-order valence-electron chi connectivity index (χ2n) is 9.34. The number of rotatable bonds is 7. The second-order valence-corrected chi connectivity index (χ2v) is 12.8. The Labute approximate surface area is 221 Å². The van der Waals surface area contributed by atoms with Crippen molar-refractivity contribution in [1.29, 1.82) is 0 Å². The highest BCUT2D eigenvalue weighted by atomic mass is 35.5. The third-order valence-corrected chi connectivity index (χ3v) is 10.1. The van der Waals surface area contributed by atoms with Crippen LogP contribution in [0.3, 0.4) is 0 Å². The molecule has 2 N–H and O–H groups in total. The zero-order valence-corrected chi connectivity index (χ0v) is 22.0. The van der Waals surface area contributed by atoms with Gasteiger partial charge in [0.15, 0.2) is 5.60 Å². The molecule has 1 heterocycles. The average molecular weight is 566 g/mol. The molecule has 1 aliphatic rings. The number of benzene rings is 3. The fraction of sp³-hybridized carbons (Fsp3) is 0.259. The second kappa shape index (κ2) is 9.39. The van der Waals surface area contributed by atoms with Crippen molar-refractivity contribution in [3.05, 3.63) is 93.8 Å². The van der Waals surface area contributed by atoms with Gasteiger partial charge in [0.25, 0.3) is 0 Å². The van der Waals surface area contributed by atoms with Crippen molar-refractivity contribution in [3.63, 3.8) is 0 Å². The summed E-state index contributed by atoms with van der Waals surface area (Å²) in [6.07, 6.45) is -3.62. The topological polar surface area (TPSA) is 66.4 Å². The predicted molar refractivity (Wildman–Crippen MR) is 141 cm³/mol. The van der Waals surface area contributed by atoms with E-state index in [1.807, 2.05) is 12.1 Å². The lowest BCUT2D eigenvalue weighted by atomic mass is 9.92. The summed E-state index contributed by atoms with van der Waals surface area (Å²) in [7, 11) is -3.57. The molecule has 0 spiro atoms. The molecular weight excluding hydrogens is 543 g/mol. The molecule has 0 amide bonds. The molecule has 4 nitrogen and oxygen atoms in total. The molecule has 1 fully saturated rings. The van der Waals surface area contributed by atoms with E-state index >= 15 is 0 Å². The van der Waals surface area contributed by atoms with Gasteiger partial charge < -0.3 is 5.11 Å². The maximum Gasteiger partial charge on any atom is 0.421 e. The number of nitrogens with one attached hydrogen (secondary N) is 1. The highest BCUT2D eigenvalue weighted by Crippen LogP contribution is 2.43. The quantitative estimate of drug-likeness (QED) is 0.250. The summed E-state index contributed by atoms with van der Waals surface area (Å²) in [6, 6.07) is 19.4. The van der Waals surface area contributed by atoms with Gasteiger partial charge in [0, 0.05) is 14.6 Å². The molecule has 194 valence electrons. The van der Waals surface area contributed by atoms with Crippen LogP contribution >= 0.6 is 22.9 Å². The van der Waals surface area contributed by atoms with Crippen LogP contribution in [0.4, 0.5) is 13.2 Å². The van der Waals surface area contributed by atoms with Crippen LogP contribution in [0.15, 0.2) is 72.8 Å². The number of halogens is 4. The molecule has 0 bridgehead atoms. The SMILES string of the molecule is C[C@@](O)(c1cccc(-c2cccc3cc([C@H](NS(=O)(=O)C4CC4)c4ccccc4Cl)sc23)c1)C(F)(F)F. The van der Waals surface area contributed by atoms with E-state index in [0.717, 1.165) is 17.0 Å². The lowest BCUT2D eigenvalue weighted by molar-refractivity contribution is -0.258. The van der Waals surface area contributed by atoms with Gasteiger partial charge in [-0.25, -0.2) is 13.1 Å². The summed E-state index contributed by atoms with van der Waals surface area (Å²) in [5.41, 5.74) is -1.47. The average Bonchev–Trinajstić information content (AvgIpc) is 3.62. The Morgan fingerprint density at radius 2 is 1.73 bits per heavy atom. The highest BCUT2D eigenvalue weighted by Gasteiger charge is 2.51.